The Kier molecular flexibility index (Phi) is 5.48. The van der Waals surface area contributed by atoms with Crippen molar-refractivity contribution < 1.29 is 14.3 Å². The Hall–Kier alpha value is -3.10. The first-order valence-corrected chi connectivity index (χ1v) is 11.0. The monoisotopic (exact) mass is 433 g/mol. The Bertz CT molecular complexity index is 1150. The van der Waals surface area contributed by atoms with E-state index in [1.165, 1.54) is 5.56 Å². The zero-order valence-corrected chi connectivity index (χ0v) is 18.2. The van der Waals surface area contributed by atoms with Gasteiger partial charge in [0.1, 0.15) is 17.3 Å². The average molecular weight is 434 g/mol. The van der Waals surface area contributed by atoms with Crippen molar-refractivity contribution in [3.05, 3.63) is 59.7 Å². The fourth-order valence-electron chi connectivity index (χ4n) is 4.76. The molecule has 2 aliphatic heterocycles. The summed E-state index contributed by atoms with van der Waals surface area (Å²) in [6.45, 7) is 1.13. The molecule has 3 heterocycles. The van der Waals surface area contributed by atoms with Crippen molar-refractivity contribution in [1.82, 2.24) is 25.2 Å². The summed E-state index contributed by atoms with van der Waals surface area (Å²) in [6.07, 6.45) is 2.04. The van der Waals surface area contributed by atoms with Crippen LogP contribution in [0, 0.1) is 0 Å². The summed E-state index contributed by atoms with van der Waals surface area (Å²) < 4.78 is 7.53. The molecule has 32 heavy (non-hydrogen) atoms. The number of carbonyl (C=O) groups excluding carboxylic acids is 2. The number of Topliss-reactive ketones (excluding diaryl/α,β-unsaturated/α-hetero) is 1. The van der Waals surface area contributed by atoms with E-state index in [4.69, 9.17) is 4.74 Å². The molecule has 2 atom stereocenters. The standard InChI is InChI=1S/C24H27N5O3/c1-28-21-11-10-18(12-20(21)26-27-28)14-25-23-24(16-32-23)13-19(30)15-29(24)22(31)9-5-8-17-6-3-2-4-7-17/h2-4,6-7,10-12,23,25H,5,8-9,13-16H2,1H3. The van der Waals surface area contributed by atoms with Crippen molar-refractivity contribution in [3.8, 4) is 0 Å². The van der Waals surface area contributed by atoms with E-state index in [9.17, 15) is 9.59 Å². The van der Waals surface area contributed by atoms with E-state index in [2.05, 4.69) is 27.8 Å². The van der Waals surface area contributed by atoms with Crippen LogP contribution in [-0.2, 0) is 34.3 Å². The number of hydrogen-bond acceptors (Lipinski definition) is 6. The lowest BCUT2D eigenvalue weighted by atomic mass is 9.89. The third kappa shape index (κ3) is 3.80. The highest BCUT2D eigenvalue weighted by molar-refractivity contribution is 5.91. The smallest absolute Gasteiger partial charge is 0.223 e. The highest BCUT2D eigenvalue weighted by Crippen LogP contribution is 2.39. The van der Waals surface area contributed by atoms with Gasteiger partial charge >= 0.3 is 0 Å². The molecule has 0 saturated carbocycles. The van der Waals surface area contributed by atoms with Crippen molar-refractivity contribution in [2.75, 3.05) is 13.2 Å². The second kappa shape index (κ2) is 8.44. The number of aromatic nitrogens is 3. The Morgan fingerprint density at radius 2 is 2.06 bits per heavy atom. The van der Waals surface area contributed by atoms with Crippen LogP contribution in [-0.4, -0.2) is 56.5 Å². The lowest BCUT2D eigenvalue weighted by Gasteiger charge is -2.51. The molecule has 2 unspecified atom stereocenters. The van der Waals surface area contributed by atoms with Crippen molar-refractivity contribution >= 4 is 22.7 Å². The summed E-state index contributed by atoms with van der Waals surface area (Å²) in [7, 11) is 1.86. The summed E-state index contributed by atoms with van der Waals surface area (Å²) in [5, 5.41) is 11.6. The number of carbonyl (C=O) groups is 2. The van der Waals surface area contributed by atoms with Gasteiger partial charge in [0.25, 0.3) is 0 Å². The molecule has 3 aromatic rings. The Morgan fingerprint density at radius 3 is 2.84 bits per heavy atom. The van der Waals surface area contributed by atoms with Crippen molar-refractivity contribution in [1.29, 1.82) is 0 Å². The molecule has 0 bridgehead atoms. The van der Waals surface area contributed by atoms with Gasteiger partial charge in [-0.05, 0) is 36.1 Å². The molecule has 8 heteroatoms. The third-order valence-electron chi connectivity index (χ3n) is 6.53. The van der Waals surface area contributed by atoms with E-state index in [0.29, 0.717) is 26.0 Å². The first-order valence-electron chi connectivity index (χ1n) is 11.0. The molecule has 2 aromatic carbocycles. The number of hydrogen-bond donors (Lipinski definition) is 1. The van der Waals surface area contributed by atoms with Gasteiger partial charge in [0.05, 0.1) is 18.7 Å². The number of nitrogens with one attached hydrogen (secondary N) is 1. The zero-order chi connectivity index (χ0) is 22.1. The molecule has 0 radical (unpaired) electrons. The summed E-state index contributed by atoms with van der Waals surface area (Å²) in [6, 6.07) is 16.2. The Labute approximate surface area is 186 Å². The third-order valence-corrected chi connectivity index (χ3v) is 6.53. The lowest BCUT2D eigenvalue weighted by molar-refractivity contribution is -0.206. The highest BCUT2D eigenvalue weighted by atomic mass is 16.5. The summed E-state index contributed by atoms with van der Waals surface area (Å²) >= 11 is 0. The second-order valence-corrected chi connectivity index (χ2v) is 8.75. The normalized spacial score (nSPS) is 22.6. The summed E-state index contributed by atoms with van der Waals surface area (Å²) in [5.41, 5.74) is 3.51. The number of nitrogens with zero attached hydrogens (tertiary/aromatic N) is 4. The van der Waals surface area contributed by atoms with E-state index in [1.54, 1.807) is 9.58 Å². The van der Waals surface area contributed by atoms with E-state index in [1.807, 2.05) is 43.4 Å². The number of fused-ring (bicyclic) bond motifs is 1. The second-order valence-electron chi connectivity index (χ2n) is 8.75. The fraction of sp³-hybridized carbons (Fsp3) is 0.417. The minimum Gasteiger partial charge on any atom is -0.358 e. The van der Waals surface area contributed by atoms with Crippen LogP contribution in [0.5, 0.6) is 0 Å². The molecule has 5 rings (SSSR count). The quantitative estimate of drug-likeness (QED) is 0.613. The Morgan fingerprint density at radius 1 is 1.22 bits per heavy atom. The number of aryl methyl sites for hydroxylation is 2. The molecule has 1 amide bonds. The van der Waals surface area contributed by atoms with Gasteiger partial charge in [0.15, 0.2) is 5.78 Å². The molecule has 0 aliphatic carbocycles. The minimum absolute atomic E-state index is 0.0304. The maximum absolute atomic E-state index is 13.0. The molecule has 2 aliphatic rings. The van der Waals surface area contributed by atoms with Gasteiger partial charge in [0.2, 0.25) is 5.91 Å². The Balaban J connectivity index is 1.21. The van der Waals surface area contributed by atoms with E-state index in [0.717, 1.165) is 29.4 Å². The van der Waals surface area contributed by atoms with Crippen LogP contribution in [0.2, 0.25) is 0 Å². The number of amides is 1. The molecule has 2 fully saturated rings. The van der Waals surface area contributed by atoms with Crippen LogP contribution in [0.1, 0.15) is 30.4 Å². The van der Waals surface area contributed by atoms with Crippen LogP contribution in [0.3, 0.4) is 0 Å². The van der Waals surface area contributed by atoms with Crippen LogP contribution >= 0.6 is 0 Å². The van der Waals surface area contributed by atoms with Gasteiger partial charge < -0.3 is 9.64 Å². The maximum Gasteiger partial charge on any atom is 0.223 e. The summed E-state index contributed by atoms with van der Waals surface area (Å²) in [4.78, 5) is 27.1. The largest absolute Gasteiger partial charge is 0.358 e. The van der Waals surface area contributed by atoms with Crippen LogP contribution in [0.4, 0.5) is 0 Å². The number of ether oxygens (including phenoxy) is 1. The topological polar surface area (TPSA) is 89.3 Å². The predicted molar refractivity (Wildman–Crippen MR) is 119 cm³/mol. The molecular weight excluding hydrogens is 406 g/mol. The summed E-state index contributed by atoms with van der Waals surface area (Å²) in [5.74, 6) is 0.125. The van der Waals surface area contributed by atoms with E-state index < -0.39 is 5.54 Å². The molecule has 8 nitrogen and oxygen atoms in total. The molecule has 2 saturated heterocycles. The van der Waals surface area contributed by atoms with Gasteiger partial charge in [-0.1, -0.05) is 41.6 Å². The SMILES string of the molecule is Cn1nnc2cc(CNC3OCC34CC(=O)CN4C(=O)CCCc3ccccc3)ccc21. The molecule has 1 N–H and O–H groups in total. The molecule has 166 valence electrons. The maximum atomic E-state index is 13.0. The van der Waals surface area contributed by atoms with Gasteiger partial charge in [-0.25, -0.2) is 4.68 Å². The highest BCUT2D eigenvalue weighted by Gasteiger charge is 2.59. The van der Waals surface area contributed by atoms with E-state index in [-0.39, 0.29) is 24.5 Å². The predicted octanol–water partition coefficient (Wildman–Crippen LogP) is 1.98. The van der Waals surface area contributed by atoms with Crippen molar-refractivity contribution in [2.45, 2.75) is 44.0 Å². The van der Waals surface area contributed by atoms with Crippen LogP contribution in [0.15, 0.2) is 48.5 Å². The first kappa shape index (κ1) is 20.8. The molecular formula is C24H27N5O3. The number of rotatable bonds is 7. The number of ketones is 1. The van der Waals surface area contributed by atoms with Crippen molar-refractivity contribution in [2.24, 2.45) is 7.05 Å². The minimum atomic E-state index is -0.572. The first-order chi connectivity index (χ1) is 15.5. The van der Waals surface area contributed by atoms with Crippen LogP contribution in [0.25, 0.3) is 11.0 Å². The fourth-order valence-corrected chi connectivity index (χ4v) is 4.76. The van der Waals surface area contributed by atoms with Gasteiger partial charge in [-0.3, -0.25) is 14.9 Å². The molecule has 1 spiro atoms. The van der Waals surface area contributed by atoms with Gasteiger partial charge in [-0.2, -0.15) is 0 Å². The zero-order valence-electron chi connectivity index (χ0n) is 18.2. The van der Waals surface area contributed by atoms with E-state index >= 15 is 0 Å². The van der Waals surface area contributed by atoms with Gasteiger partial charge in [0, 0.05) is 26.4 Å². The molecule has 1 aromatic heterocycles. The van der Waals surface area contributed by atoms with Gasteiger partial charge in [-0.15, -0.1) is 5.10 Å². The number of likely N-dealkylation sites (tertiary alicyclic amines) is 1. The van der Waals surface area contributed by atoms with Crippen LogP contribution < -0.4 is 5.32 Å². The van der Waals surface area contributed by atoms with Crippen molar-refractivity contribution in [3.63, 3.8) is 0 Å². The number of benzene rings is 2. The lowest BCUT2D eigenvalue weighted by Crippen LogP contribution is -2.71. The average Bonchev–Trinajstić information content (AvgIpc) is 3.35.